The first-order valence-corrected chi connectivity index (χ1v) is 11.8. The van der Waals surface area contributed by atoms with Crippen molar-refractivity contribution in [2.45, 2.75) is 66.6 Å². The van der Waals surface area contributed by atoms with E-state index in [-0.39, 0.29) is 12.2 Å². The molecule has 0 amide bonds. The molecule has 0 saturated carbocycles. The first-order valence-electron chi connectivity index (χ1n) is 11.8. The van der Waals surface area contributed by atoms with Gasteiger partial charge in [0, 0.05) is 13.1 Å². The minimum Gasteiger partial charge on any atom is -0.489 e. The average Bonchev–Trinajstić information content (AvgIpc) is 2.65. The molecule has 2 aromatic rings. The van der Waals surface area contributed by atoms with Crippen molar-refractivity contribution in [2.24, 2.45) is 0 Å². The molecule has 2 unspecified atom stereocenters. The summed E-state index contributed by atoms with van der Waals surface area (Å²) in [5.74, 6) is 2.06. The van der Waals surface area contributed by atoms with Crippen molar-refractivity contribution in [3.63, 3.8) is 0 Å². The molecule has 0 bridgehead atoms. The molecule has 2 atom stereocenters. The highest BCUT2D eigenvalue weighted by atomic mass is 16.5. The number of hydrogen-bond donors (Lipinski definition) is 0. The Bertz CT molecular complexity index is 769. The molecular weight excluding hydrogens is 396 g/mol. The van der Waals surface area contributed by atoms with Crippen LogP contribution in [0.5, 0.6) is 11.5 Å². The number of rotatable bonds is 11. The summed E-state index contributed by atoms with van der Waals surface area (Å²) in [5.41, 5.74) is 7.60. The van der Waals surface area contributed by atoms with Gasteiger partial charge in [-0.1, -0.05) is 24.3 Å². The maximum Gasteiger partial charge on any atom is 0.125 e. The highest BCUT2D eigenvalue weighted by Gasteiger charge is 2.14. The number of aryl methyl sites for hydroxylation is 6. The summed E-state index contributed by atoms with van der Waals surface area (Å²) in [6, 6.07) is 9.13. The SMILES string of the molecule is Cc1cc(CCc2cc(C)c(OC(C)CN(C)C)c(C)c2)cc(C)c1OC(C)CN(C)C. The van der Waals surface area contributed by atoms with Gasteiger partial charge in [0.05, 0.1) is 0 Å². The third kappa shape index (κ3) is 7.83. The van der Waals surface area contributed by atoms with Crippen LogP contribution in [0.1, 0.15) is 47.2 Å². The Morgan fingerprint density at radius 1 is 0.594 bits per heavy atom. The second kappa shape index (κ2) is 11.7. The van der Waals surface area contributed by atoms with Gasteiger partial charge < -0.3 is 19.3 Å². The lowest BCUT2D eigenvalue weighted by Gasteiger charge is -2.22. The summed E-state index contributed by atoms with van der Waals surface area (Å²) in [6.45, 7) is 14.7. The van der Waals surface area contributed by atoms with E-state index in [1.165, 1.54) is 33.4 Å². The van der Waals surface area contributed by atoms with Crippen LogP contribution in [0.15, 0.2) is 24.3 Å². The quantitative estimate of drug-likeness (QED) is 0.469. The fraction of sp³-hybridized carbons (Fsp3) is 0.571. The Kier molecular flexibility index (Phi) is 9.60. The van der Waals surface area contributed by atoms with Crippen LogP contribution >= 0.6 is 0 Å². The van der Waals surface area contributed by atoms with Crippen molar-refractivity contribution in [3.8, 4) is 11.5 Å². The van der Waals surface area contributed by atoms with E-state index in [1.807, 2.05) is 0 Å². The highest BCUT2D eigenvalue weighted by Crippen LogP contribution is 2.29. The van der Waals surface area contributed by atoms with Crippen LogP contribution in [0.2, 0.25) is 0 Å². The van der Waals surface area contributed by atoms with E-state index < -0.39 is 0 Å². The number of ether oxygens (including phenoxy) is 2. The van der Waals surface area contributed by atoms with E-state index in [4.69, 9.17) is 9.47 Å². The first kappa shape index (κ1) is 26.2. The summed E-state index contributed by atoms with van der Waals surface area (Å²) in [4.78, 5) is 4.32. The predicted molar refractivity (Wildman–Crippen MR) is 137 cm³/mol. The second-order valence-corrected chi connectivity index (χ2v) is 10.00. The minimum atomic E-state index is 0.167. The van der Waals surface area contributed by atoms with Crippen LogP contribution in [0, 0.1) is 27.7 Å². The van der Waals surface area contributed by atoms with E-state index in [2.05, 4.69) is 104 Å². The normalized spacial score (nSPS) is 13.5. The molecule has 32 heavy (non-hydrogen) atoms. The Hall–Kier alpha value is -2.04. The van der Waals surface area contributed by atoms with Crippen molar-refractivity contribution in [1.29, 1.82) is 0 Å². The lowest BCUT2D eigenvalue weighted by atomic mass is 9.97. The van der Waals surface area contributed by atoms with E-state index >= 15 is 0 Å². The van der Waals surface area contributed by atoms with Crippen molar-refractivity contribution in [3.05, 3.63) is 57.6 Å². The van der Waals surface area contributed by atoms with Crippen LogP contribution < -0.4 is 9.47 Å². The third-order valence-corrected chi connectivity index (χ3v) is 5.63. The zero-order valence-electron chi connectivity index (χ0n) is 22.0. The molecule has 0 spiro atoms. The Morgan fingerprint density at radius 2 is 0.875 bits per heavy atom. The van der Waals surface area contributed by atoms with Gasteiger partial charge >= 0.3 is 0 Å². The lowest BCUT2D eigenvalue weighted by Crippen LogP contribution is -2.28. The summed E-state index contributed by atoms with van der Waals surface area (Å²) in [5, 5.41) is 0. The molecule has 2 rings (SSSR count). The van der Waals surface area contributed by atoms with Gasteiger partial charge in [0.1, 0.15) is 23.7 Å². The van der Waals surface area contributed by atoms with Crippen molar-refractivity contribution < 1.29 is 9.47 Å². The molecule has 0 radical (unpaired) electrons. The van der Waals surface area contributed by atoms with Gasteiger partial charge in [-0.3, -0.25) is 0 Å². The summed E-state index contributed by atoms with van der Waals surface area (Å²) >= 11 is 0. The topological polar surface area (TPSA) is 24.9 Å². The van der Waals surface area contributed by atoms with Crippen molar-refractivity contribution in [1.82, 2.24) is 9.80 Å². The van der Waals surface area contributed by atoms with Gasteiger partial charge in [0.25, 0.3) is 0 Å². The molecule has 0 heterocycles. The summed E-state index contributed by atoms with van der Waals surface area (Å²) < 4.78 is 12.5. The number of likely N-dealkylation sites (N-methyl/N-ethyl adjacent to an activating group) is 2. The van der Waals surface area contributed by atoms with E-state index in [9.17, 15) is 0 Å². The molecule has 2 aromatic carbocycles. The molecule has 0 aromatic heterocycles. The lowest BCUT2D eigenvalue weighted by molar-refractivity contribution is 0.174. The summed E-state index contributed by atoms with van der Waals surface area (Å²) in [7, 11) is 8.31. The van der Waals surface area contributed by atoms with Gasteiger partial charge in [-0.25, -0.2) is 0 Å². The van der Waals surface area contributed by atoms with Gasteiger partial charge in [-0.2, -0.15) is 0 Å². The molecular formula is C28H44N2O2. The van der Waals surface area contributed by atoms with Crippen LogP contribution in [-0.2, 0) is 12.8 Å². The molecule has 0 aliphatic heterocycles. The molecule has 0 saturated heterocycles. The predicted octanol–water partition coefficient (Wildman–Crippen LogP) is 5.36. The molecule has 178 valence electrons. The van der Waals surface area contributed by atoms with E-state index in [1.54, 1.807) is 0 Å². The fourth-order valence-corrected chi connectivity index (χ4v) is 4.53. The number of hydrogen-bond acceptors (Lipinski definition) is 4. The number of nitrogens with zero attached hydrogens (tertiary/aromatic N) is 2. The standard InChI is InChI=1S/C28H44N2O2/c1-19-13-25(14-20(2)27(19)31-23(5)17-29(7)8)11-12-26-15-21(3)28(22(4)16-26)32-24(6)18-30(9)10/h13-16,23-24H,11-12,17-18H2,1-10H3. The maximum absolute atomic E-state index is 6.25. The van der Waals surface area contributed by atoms with Crippen LogP contribution in [0.4, 0.5) is 0 Å². The second-order valence-electron chi connectivity index (χ2n) is 10.00. The molecule has 0 fully saturated rings. The molecule has 4 nitrogen and oxygen atoms in total. The molecule has 0 aliphatic rings. The molecule has 4 heteroatoms. The summed E-state index contributed by atoms with van der Waals surface area (Å²) in [6.07, 6.45) is 2.37. The fourth-order valence-electron chi connectivity index (χ4n) is 4.53. The largest absolute Gasteiger partial charge is 0.489 e. The highest BCUT2D eigenvalue weighted by molar-refractivity contribution is 5.45. The molecule has 0 aliphatic carbocycles. The first-order chi connectivity index (χ1) is 15.0. The third-order valence-electron chi connectivity index (χ3n) is 5.63. The Labute approximate surface area is 196 Å². The van der Waals surface area contributed by atoms with Crippen molar-refractivity contribution in [2.75, 3.05) is 41.3 Å². The maximum atomic E-state index is 6.25. The van der Waals surface area contributed by atoms with Crippen LogP contribution in [0.25, 0.3) is 0 Å². The molecule has 0 N–H and O–H groups in total. The monoisotopic (exact) mass is 440 g/mol. The van der Waals surface area contributed by atoms with E-state index in [0.717, 1.165) is 37.4 Å². The Balaban J connectivity index is 2.07. The van der Waals surface area contributed by atoms with Crippen LogP contribution in [-0.4, -0.2) is 63.3 Å². The van der Waals surface area contributed by atoms with Gasteiger partial charge in [0.15, 0.2) is 0 Å². The minimum absolute atomic E-state index is 0.167. The average molecular weight is 441 g/mol. The zero-order chi connectivity index (χ0) is 24.0. The zero-order valence-corrected chi connectivity index (χ0v) is 22.0. The van der Waals surface area contributed by atoms with Gasteiger partial charge in [-0.15, -0.1) is 0 Å². The number of benzene rings is 2. The van der Waals surface area contributed by atoms with Crippen LogP contribution in [0.3, 0.4) is 0 Å². The smallest absolute Gasteiger partial charge is 0.125 e. The van der Waals surface area contributed by atoms with Gasteiger partial charge in [-0.05, 0) is 116 Å². The van der Waals surface area contributed by atoms with Gasteiger partial charge in [0.2, 0.25) is 0 Å². The van der Waals surface area contributed by atoms with E-state index in [0.29, 0.717) is 0 Å². The Morgan fingerprint density at radius 3 is 1.12 bits per heavy atom. The van der Waals surface area contributed by atoms with Crippen molar-refractivity contribution >= 4 is 0 Å².